The van der Waals surface area contributed by atoms with Gasteiger partial charge in [-0.2, -0.15) is 0 Å². The second-order valence-electron chi connectivity index (χ2n) is 5.51. The molecular formula is C17H14Cl2N4O4S2. The van der Waals surface area contributed by atoms with Crippen molar-refractivity contribution in [3.05, 3.63) is 64.1 Å². The van der Waals surface area contributed by atoms with Crippen molar-refractivity contribution < 1.29 is 17.9 Å². The van der Waals surface area contributed by atoms with Crippen LogP contribution < -0.4 is 14.8 Å². The fourth-order valence-corrected chi connectivity index (χ4v) is 4.41. The van der Waals surface area contributed by atoms with Gasteiger partial charge in [0.15, 0.2) is 0 Å². The Labute approximate surface area is 180 Å². The lowest BCUT2D eigenvalue weighted by molar-refractivity contribution is 0.102. The van der Waals surface area contributed by atoms with Gasteiger partial charge < -0.3 is 4.74 Å². The highest BCUT2D eigenvalue weighted by molar-refractivity contribution is 7.91. The van der Waals surface area contributed by atoms with Gasteiger partial charge in [-0.05, 0) is 36.4 Å². The zero-order valence-electron chi connectivity index (χ0n) is 14.6. The highest BCUT2D eigenvalue weighted by Crippen LogP contribution is 2.22. The maximum absolute atomic E-state index is 12.3. The molecule has 0 atom stereocenters. The van der Waals surface area contributed by atoms with E-state index in [-0.39, 0.29) is 33.2 Å². The number of benzene rings is 2. The first-order valence-electron chi connectivity index (χ1n) is 8.12. The number of sulfonamides is 1. The Kier molecular flexibility index (Phi) is 7.04. The number of anilines is 1. The average Bonchev–Trinajstić information content (AvgIpc) is 3.16. The molecule has 3 rings (SSSR count). The van der Waals surface area contributed by atoms with Crippen LogP contribution in [0.2, 0.25) is 10.0 Å². The third kappa shape index (κ3) is 5.87. The van der Waals surface area contributed by atoms with Crippen LogP contribution >= 0.6 is 34.5 Å². The van der Waals surface area contributed by atoms with Crippen molar-refractivity contribution in [3.63, 3.8) is 0 Å². The number of halogens is 2. The highest BCUT2D eigenvalue weighted by atomic mass is 35.5. The first-order chi connectivity index (χ1) is 13.8. The Morgan fingerprint density at radius 2 is 1.79 bits per heavy atom. The largest absolute Gasteiger partial charge is 0.492 e. The molecule has 8 nitrogen and oxygen atoms in total. The molecule has 0 fully saturated rings. The van der Waals surface area contributed by atoms with Crippen molar-refractivity contribution in [2.24, 2.45) is 0 Å². The second kappa shape index (κ2) is 9.51. The van der Waals surface area contributed by atoms with Gasteiger partial charge >= 0.3 is 0 Å². The zero-order chi connectivity index (χ0) is 20.9. The molecule has 0 aliphatic carbocycles. The van der Waals surface area contributed by atoms with Crippen molar-refractivity contribution in [1.29, 1.82) is 0 Å². The molecule has 2 N–H and O–H groups in total. The van der Waals surface area contributed by atoms with Gasteiger partial charge in [0.25, 0.3) is 15.9 Å². The molecule has 0 aliphatic heterocycles. The number of nitrogens with one attached hydrogen (secondary N) is 2. The van der Waals surface area contributed by atoms with Crippen LogP contribution in [0.25, 0.3) is 0 Å². The first kappa shape index (κ1) is 21.5. The number of ether oxygens (including phenoxy) is 1. The Morgan fingerprint density at radius 1 is 1.07 bits per heavy atom. The lowest BCUT2D eigenvalue weighted by Crippen LogP contribution is -2.28. The van der Waals surface area contributed by atoms with Gasteiger partial charge in [0.1, 0.15) is 12.4 Å². The lowest BCUT2D eigenvalue weighted by atomic mass is 10.2. The number of carbonyl (C=O) groups excluding carboxylic acids is 1. The molecule has 1 amide bonds. The molecule has 0 spiro atoms. The van der Waals surface area contributed by atoms with Gasteiger partial charge in [0, 0.05) is 11.6 Å². The van der Waals surface area contributed by atoms with Gasteiger partial charge in [-0.25, -0.2) is 13.1 Å². The SMILES string of the molecule is O=C(Nc1nnc(S(=O)(=O)NCCOc2ccc(Cl)cc2)s1)c1ccccc1Cl. The van der Waals surface area contributed by atoms with Crippen molar-refractivity contribution >= 4 is 55.6 Å². The van der Waals surface area contributed by atoms with Crippen molar-refractivity contribution in [3.8, 4) is 5.75 Å². The summed E-state index contributed by atoms with van der Waals surface area (Å²) in [5.74, 6) is 0.0501. The minimum Gasteiger partial charge on any atom is -0.492 e. The normalized spacial score (nSPS) is 11.2. The van der Waals surface area contributed by atoms with E-state index in [1.807, 2.05) is 0 Å². The summed E-state index contributed by atoms with van der Waals surface area (Å²) >= 11 is 12.5. The highest BCUT2D eigenvalue weighted by Gasteiger charge is 2.21. The molecule has 1 heterocycles. The standard InChI is InChI=1S/C17H14Cl2N4O4S2/c18-11-5-7-12(8-6-11)27-10-9-20-29(25,26)17-23-22-16(28-17)21-15(24)13-3-1-2-4-14(13)19/h1-8,20H,9-10H2,(H,21,22,24). The molecule has 0 saturated carbocycles. The van der Waals surface area contributed by atoms with E-state index < -0.39 is 15.9 Å². The van der Waals surface area contributed by atoms with Gasteiger partial charge in [0.05, 0.1) is 10.6 Å². The summed E-state index contributed by atoms with van der Waals surface area (Å²) in [6, 6.07) is 13.2. The Hall–Kier alpha value is -2.24. The molecule has 2 aromatic carbocycles. The maximum Gasteiger partial charge on any atom is 0.269 e. The third-order valence-electron chi connectivity index (χ3n) is 3.45. The van der Waals surface area contributed by atoms with Gasteiger partial charge in [-0.3, -0.25) is 10.1 Å². The van der Waals surface area contributed by atoms with E-state index >= 15 is 0 Å². The predicted molar refractivity (Wildman–Crippen MR) is 111 cm³/mol. The summed E-state index contributed by atoms with van der Waals surface area (Å²) in [5.41, 5.74) is 0.242. The number of nitrogens with zero attached hydrogens (tertiary/aromatic N) is 2. The predicted octanol–water partition coefficient (Wildman–Crippen LogP) is 3.45. The molecule has 1 aromatic heterocycles. The van der Waals surface area contributed by atoms with Gasteiger partial charge in [0.2, 0.25) is 9.47 Å². The number of amides is 1. The first-order valence-corrected chi connectivity index (χ1v) is 11.2. The van der Waals surface area contributed by atoms with Crippen LogP contribution in [0.5, 0.6) is 5.75 Å². The minimum absolute atomic E-state index is 0.0197. The van der Waals surface area contributed by atoms with Crippen LogP contribution in [-0.2, 0) is 10.0 Å². The number of carbonyl (C=O) groups is 1. The summed E-state index contributed by atoms with van der Waals surface area (Å²) in [7, 11) is -3.89. The molecule has 0 unspecified atom stereocenters. The van der Waals surface area contributed by atoms with Crippen molar-refractivity contribution in [1.82, 2.24) is 14.9 Å². The number of aromatic nitrogens is 2. The number of rotatable bonds is 8. The summed E-state index contributed by atoms with van der Waals surface area (Å²) in [5, 5.41) is 10.7. The van der Waals surface area contributed by atoms with Crippen LogP contribution in [0.1, 0.15) is 10.4 Å². The molecule has 12 heteroatoms. The molecule has 0 aliphatic rings. The van der Waals surface area contributed by atoms with Crippen molar-refractivity contribution in [2.45, 2.75) is 4.34 Å². The van der Waals surface area contributed by atoms with Gasteiger partial charge in [-0.15, -0.1) is 10.2 Å². The summed E-state index contributed by atoms with van der Waals surface area (Å²) in [4.78, 5) is 12.2. The third-order valence-corrected chi connectivity index (χ3v) is 6.70. The smallest absolute Gasteiger partial charge is 0.269 e. The quantitative estimate of drug-likeness (QED) is 0.383. The van der Waals surface area contributed by atoms with E-state index in [0.29, 0.717) is 10.8 Å². The number of hydrogen-bond acceptors (Lipinski definition) is 7. The molecule has 0 radical (unpaired) electrons. The Bertz CT molecular complexity index is 1100. The monoisotopic (exact) mass is 472 g/mol. The summed E-state index contributed by atoms with van der Waals surface area (Å²) in [6.07, 6.45) is 0. The van der Waals surface area contributed by atoms with E-state index in [9.17, 15) is 13.2 Å². The van der Waals surface area contributed by atoms with Crippen LogP contribution in [0, 0.1) is 0 Å². The van der Waals surface area contributed by atoms with E-state index in [4.69, 9.17) is 27.9 Å². The molecule has 29 heavy (non-hydrogen) atoms. The molecule has 152 valence electrons. The zero-order valence-corrected chi connectivity index (χ0v) is 17.8. The maximum atomic E-state index is 12.3. The van der Waals surface area contributed by atoms with Crippen molar-refractivity contribution in [2.75, 3.05) is 18.5 Å². The van der Waals surface area contributed by atoms with Gasteiger partial charge in [-0.1, -0.05) is 46.7 Å². The molecule has 0 bridgehead atoms. The summed E-state index contributed by atoms with van der Waals surface area (Å²) in [6.45, 7) is 0.127. The minimum atomic E-state index is -3.89. The topological polar surface area (TPSA) is 110 Å². The summed E-state index contributed by atoms with van der Waals surface area (Å²) < 4.78 is 32.1. The Balaban J connectivity index is 1.55. The van der Waals surface area contributed by atoms with Crippen LogP contribution in [0.3, 0.4) is 0 Å². The van der Waals surface area contributed by atoms with E-state index in [1.165, 1.54) is 0 Å². The fraction of sp³-hybridized carbons (Fsp3) is 0.118. The van der Waals surface area contributed by atoms with Crippen LogP contribution in [-0.4, -0.2) is 37.7 Å². The second-order valence-corrected chi connectivity index (χ2v) is 9.27. The van der Waals surface area contributed by atoms with E-state index in [0.717, 1.165) is 11.3 Å². The Morgan fingerprint density at radius 3 is 2.52 bits per heavy atom. The average molecular weight is 473 g/mol. The molecule has 0 saturated heterocycles. The molecular weight excluding hydrogens is 459 g/mol. The van der Waals surface area contributed by atoms with Crippen LogP contribution in [0.15, 0.2) is 52.9 Å². The van der Waals surface area contributed by atoms with E-state index in [2.05, 4.69) is 20.2 Å². The van der Waals surface area contributed by atoms with Crippen LogP contribution in [0.4, 0.5) is 5.13 Å². The van der Waals surface area contributed by atoms with E-state index in [1.54, 1.807) is 48.5 Å². The fourth-order valence-electron chi connectivity index (χ4n) is 2.12. The number of hydrogen-bond donors (Lipinski definition) is 2. The molecule has 3 aromatic rings. The lowest BCUT2D eigenvalue weighted by Gasteiger charge is -2.07.